The first kappa shape index (κ1) is 13.6. The predicted molar refractivity (Wildman–Crippen MR) is 78.9 cm³/mol. The Bertz CT molecular complexity index is 609. The van der Waals surface area contributed by atoms with E-state index in [2.05, 4.69) is 16.5 Å². The molecule has 1 aromatic carbocycles. The zero-order valence-electron chi connectivity index (χ0n) is 12.0. The van der Waals surface area contributed by atoms with Gasteiger partial charge in [0.05, 0.1) is 11.1 Å². The van der Waals surface area contributed by atoms with Crippen LogP contribution in [0.2, 0.25) is 0 Å². The summed E-state index contributed by atoms with van der Waals surface area (Å²) in [6.45, 7) is 2.84. The van der Waals surface area contributed by atoms with Crippen LogP contribution in [0.15, 0.2) is 18.2 Å². The number of nitrogens with two attached hydrogens (primary N) is 1. The number of para-hydroxylation sites is 1. The second-order valence-electron chi connectivity index (χ2n) is 5.86. The van der Waals surface area contributed by atoms with Gasteiger partial charge in [-0.25, -0.2) is 9.37 Å². The summed E-state index contributed by atoms with van der Waals surface area (Å²) < 4.78 is 16.1. The fraction of sp³-hybridized carbons (Fsp3) is 0.562. The first-order chi connectivity index (χ1) is 9.65. The van der Waals surface area contributed by atoms with Gasteiger partial charge in [0.1, 0.15) is 11.3 Å². The number of benzene rings is 1. The molecule has 0 saturated heterocycles. The minimum Gasteiger partial charge on any atom is -0.327 e. The Morgan fingerprint density at radius 1 is 1.25 bits per heavy atom. The van der Waals surface area contributed by atoms with Crippen molar-refractivity contribution in [1.29, 1.82) is 0 Å². The second-order valence-corrected chi connectivity index (χ2v) is 5.86. The van der Waals surface area contributed by atoms with Crippen LogP contribution >= 0.6 is 0 Å². The topological polar surface area (TPSA) is 43.8 Å². The van der Waals surface area contributed by atoms with E-state index in [0.717, 1.165) is 43.6 Å². The van der Waals surface area contributed by atoms with Crippen LogP contribution < -0.4 is 5.73 Å². The van der Waals surface area contributed by atoms with E-state index < -0.39 is 5.54 Å². The lowest BCUT2D eigenvalue weighted by Gasteiger charge is -2.28. The lowest BCUT2D eigenvalue weighted by Crippen LogP contribution is -2.39. The summed E-state index contributed by atoms with van der Waals surface area (Å²) in [7, 11) is 0. The van der Waals surface area contributed by atoms with Crippen molar-refractivity contribution in [3.05, 3.63) is 29.8 Å². The van der Waals surface area contributed by atoms with E-state index in [4.69, 9.17) is 5.73 Å². The molecule has 1 aromatic heterocycles. The van der Waals surface area contributed by atoms with E-state index in [1.54, 1.807) is 6.07 Å². The van der Waals surface area contributed by atoms with Crippen molar-refractivity contribution in [1.82, 2.24) is 9.55 Å². The van der Waals surface area contributed by atoms with Gasteiger partial charge in [0.2, 0.25) is 0 Å². The van der Waals surface area contributed by atoms with E-state index >= 15 is 0 Å². The van der Waals surface area contributed by atoms with E-state index in [9.17, 15) is 4.39 Å². The van der Waals surface area contributed by atoms with Crippen molar-refractivity contribution in [2.75, 3.05) is 0 Å². The van der Waals surface area contributed by atoms with Crippen LogP contribution in [0.5, 0.6) is 0 Å². The molecule has 0 amide bonds. The standard InChI is InChI=1S/C16H22FN3/c1-2-20-13-9-7-8-12(17)14(13)19-15(20)16(18)10-5-3-4-6-11-16/h7-9H,2-6,10-11,18H2,1H3. The maximum absolute atomic E-state index is 14.0. The number of hydrogen-bond acceptors (Lipinski definition) is 2. The molecule has 1 saturated carbocycles. The highest BCUT2D eigenvalue weighted by Gasteiger charge is 2.33. The van der Waals surface area contributed by atoms with Crippen molar-refractivity contribution in [2.24, 2.45) is 5.73 Å². The number of imidazole rings is 1. The Morgan fingerprint density at radius 3 is 2.60 bits per heavy atom. The highest BCUT2D eigenvalue weighted by Crippen LogP contribution is 2.35. The molecular formula is C16H22FN3. The lowest BCUT2D eigenvalue weighted by atomic mass is 9.90. The van der Waals surface area contributed by atoms with E-state index in [-0.39, 0.29) is 5.82 Å². The van der Waals surface area contributed by atoms with Crippen LogP contribution in [-0.4, -0.2) is 9.55 Å². The Balaban J connectivity index is 2.17. The summed E-state index contributed by atoms with van der Waals surface area (Å²) in [6, 6.07) is 5.14. The second kappa shape index (κ2) is 5.17. The summed E-state index contributed by atoms with van der Waals surface area (Å²) >= 11 is 0. The van der Waals surface area contributed by atoms with Gasteiger partial charge in [-0.3, -0.25) is 0 Å². The highest BCUT2D eigenvalue weighted by molar-refractivity contribution is 5.77. The van der Waals surface area contributed by atoms with Gasteiger partial charge in [-0.05, 0) is 31.9 Å². The van der Waals surface area contributed by atoms with Crippen LogP contribution in [0.25, 0.3) is 11.0 Å². The molecule has 2 aromatic rings. The highest BCUT2D eigenvalue weighted by atomic mass is 19.1. The molecule has 0 atom stereocenters. The first-order valence-corrected chi connectivity index (χ1v) is 7.60. The van der Waals surface area contributed by atoms with Crippen molar-refractivity contribution in [3.63, 3.8) is 0 Å². The van der Waals surface area contributed by atoms with Crippen molar-refractivity contribution in [3.8, 4) is 0 Å². The molecule has 3 nitrogen and oxygen atoms in total. The third-order valence-corrected chi connectivity index (χ3v) is 4.49. The fourth-order valence-corrected chi connectivity index (χ4v) is 3.40. The molecule has 0 bridgehead atoms. The number of rotatable bonds is 2. The van der Waals surface area contributed by atoms with Crippen LogP contribution in [0.3, 0.4) is 0 Å². The molecule has 108 valence electrons. The van der Waals surface area contributed by atoms with Gasteiger partial charge in [0, 0.05) is 6.54 Å². The minimum absolute atomic E-state index is 0.256. The van der Waals surface area contributed by atoms with Crippen LogP contribution in [0.1, 0.15) is 51.3 Å². The van der Waals surface area contributed by atoms with E-state index in [0.29, 0.717) is 5.52 Å². The molecule has 0 spiro atoms. The average Bonchev–Trinajstić information content (AvgIpc) is 2.70. The van der Waals surface area contributed by atoms with Gasteiger partial charge in [-0.15, -0.1) is 0 Å². The average molecular weight is 275 g/mol. The quantitative estimate of drug-likeness (QED) is 0.849. The van der Waals surface area contributed by atoms with E-state index in [1.165, 1.54) is 18.9 Å². The zero-order valence-corrected chi connectivity index (χ0v) is 12.0. The third kappa shape index (κ3) is 2.12. The number of aromatic nitrogens is 2. The smallest absolute Gasteiger partial charge is 0.151 e. The number of hydrogen-bond donors (Lipinski definition) is 1. The molecule has 0 aliphatic heterocycles. The summed E-state index contributed by atoms with van der Waals surface area (Å²) in [4.78, 5) is 4.58. The number of halogens is 1. The molecule has 20 heavy (non-hydrogen) atoms. The third-order valence-electron chi connectivity index (χ3n) is 4.49. The van der Waals surface area contributed by atoms with Crippen LogP contribution in [0, 0.1) is 5.82 Å². The molecule has 1 fully saturated rings. The number of fused-ring (bicyclic) bond motifs is 1. The van der Waals surface area contributed by atoms with Gasteiger partial charge in [0.25, 0.3) is 0 Å². The van der Waals surface area contributed by atoms with Crippen molar-refractivity contribution >= 4 is 11.0 Å². The summed E-state index contributed by atoms with van der Waals surface area (Å²) in [5.74, 6) is 0.607. The van der Waals surface area contributed by atoms with Gasteiger partial charge in [0.15, 0.2) is 5.82 Å². The molecule has 1 aliphatic rings. The van der Waals surface area contributed by atoms with Gasteiger partial charge < -0.3 is 10.3 Å². The predicted octanol–water partition coefficient (Wildman–Crippen LogP) is 3.70. The Labute approximate surface area is 119 Å². The molecule has 3 rings (SSSR count). The normalized spacial score (nSPS) is 19.1. The molecule has 2 N–H and O–H groups in total. The van der Waals surface area contributed by atoms with Gasteiger partial charge >= 0.3 is 0 Å². The number of nitrogens with zero attached hydrogens (tertiary/aromatic N) is 2. The van der Waals surface area contributed by atoms with Crippen LogP contribution in [0.4, 0.5) is 4.39 Å². The summed E-state index contributed by atoms with van der Waals surface area (Å²) in [5, 5.41) is 0. The molecule has 0 radical (unpaired) electrons. The van der Waals surface area contributed by atoms with Gasteiger partial charge in [-0.1, -0.05) is 31.7 Å². The summed E-state index contributed by atoms with van der Waals surface area (Å²) in [6.07, 6.45) is 6.62. The maximum Gasteiger partial charge on any atom is 0.151 e. The van der Waals surface area contributed by atoms with Crippen LogP contribution in [-0.2, 0) is 12.1 Å². The van der Waals surface area contributed by atoms with Gasteiger partial charge in [-0.2, -0.15) is 0 Å². The molecule has 1 heterocycles. The Hall–Kier alpha value is -1.42. The number of aryl methyl sites for hydroxylation is 1. The zero-order chi connectivity index (χ0) is 14.2. The monoisotopic (exact) mass is 275 g/mol. The Kier molecular flexibility index (Phi) is 3.50. The molecule has 4 heteroatoms. The maximum atomic E-state index is 14.0. The SMILES string of the molecule is CCn1c(C2(N)CCCCCC2)nc2c(F)cccc21. The fourth-order valence-electron chi connectivity index (χ4n) is 3.40. The Morgan fingerprint density at radius 2 is 1.95 bits per heavy atom. The molecule has 0 unspecified atom stereocenters. The molecule has 1 aliphatic carbocycles. The van der Waals surface area contributed by atoms with E-state index in [1.807, 2.05) is 6.07 Å². The first-order valence-electron chi connectivity index (χ1n) is 7.60. The minimum atomic E-state index is -0.405. The summed E-state index contributed by atoms with van der Waals surface area (Å²) in [5.41, 5.74) is 7.57. The lowest BCUT2D eigenvalue weighted by molar-refractivity contribution is 0.350. The van der Waals surface area contributed by atoms with Crippen molar-refractivity contribution in [2.45, 2.75) is 57.5 Å². The molecular weight excluding hydrogens is 253 g/mol. The van der Waals surface area contributed by atoms with Crippen molar-refractivity contribution < 1.29 is 4.39 Å². The largest absolute Gasteiger partial charge is 0.327 e.